The number of ether oxygens (including phenoxy) is 1. The molecule has 1 aromatic carbocycles. The minimum atomic E-state index is -0.487. The third kappa shape index (κ3) is 3.83. The van der Waals surface area contributed by atoms with Crippen LogP contribution in [0.25, 0.3) is 0 Å². The molecule has 24 heavy (non-hydrogen) atoms. The van der Waals surface area contributed by atoms with Crippen molar-refractivity contribution in [3.05, 3.63) is 34.9 Å². The standard InChI is InChI=1S/C18H23ClN2O3/c1-18(2,3)24-17(23)21-9-13-14(10-21)15(13)16(22)20-8-11-4-6-12(19)7-5-11/h4-7,13-15H,8-10H2,1-3H3,(H,20,22)/t13-,14+,15?. The molecule has 1 N–H and O–H groups in total. The fourth-order valence-corrected chi connectivity index (χ4v) is 3.43. The smallest absolute Gasteiger partial charge is 0.410 e. The molecule has 0 radical (unpaired) electrons. The Kier molecular flexibility index (Phi) is 4.47. The molecule has 130 valence electrons. The first-order chi connectivity index (χ1) is 11.2. The Morgan fingerprint density at radius 3 is 2.33 bits per heavy atom. The molecule has 1 heterocycles. The van der Waals surface area contributed by atoms with E-state index in [0.717, 1.165) is 5.56 Å². The number of benzene rings is 1. The summed E-state index contributed by atoms with van der Waals surface area (Å²) in [7, 11) is 0. The number of carbonyl (C=O) groups is 2. The molecule has 1 aliphatic carbocycles. The fraction of sp³-hybridized carbons (Fsp3) is 0.556. The molecule has 3 rings (SSSR count). The van der Waals surface area contributed by atoms with Gasteiger partial charge in [0.2, 0.25) is 5.91 Å². The molecule has 6 heteroatoms. The van der Waals surface area contributed by atoms with Crippen LogP contribution in [0.5, 0.6) is 0 Å². The van der Waals surface area contributed by atoms with Crippen molar-refractivity contribution < 1.29 is 14.3 Å². The zero-order chi connectivity index (χ0) is 17.5. The minimum absolute atomic E-state index is 0.0241. The number of amides is 2. The lowest BCUT2D eigenvalue weighted by Gasteiger charge is -2.25. The van der Waals surface area contributed by atoms with Crippen molar-refractivity contribution in [2.24, 2.45) is 17.8 Å². The van der Waals surface area contributed by atoms with E-state index in [2.05, 4.69) is 5.32 Å². The van der Waals surface area contributed by atoms with Crippen molar-refractivity contribution in [3.63, 3.8) is 0 Å². The van der Waals surface area contributed by atoms with Gasteiger partial charge in [-0.1, -0.05) is 23.7 Å². The van der Waals surface area contributed by atoms with Gasteiger partial charge in [-0.3, -0.25) is 4.79 Å². The normalized spacial score (nSPS) is 25.2. The van der Waals surface area contributed by atoms with E-state index in [0.29, 0.717) is 24.7 Å². The number of piperidine rings is 1. The zero-order valence-electron chi connectivity index (χ0n) is 14.2. The van der Waals surface area contributed by atoms with E-state index in [4.69, 9.17) is 16.3 Å². The third-order valence-corrected chi connectivity index (χ3v) is 4.78. The van der Waals surface area contributed by atoms with Crippen molar-refractivity contribution >= 4 is 23.6 Å². The number of nitrogens with zero attached hydrogens (tertiary/aromatic N) is 1. The number of hydrogen-bond acceptors (Lipinski definition) is 3. The van der Waals surface area contributed by atoms with Crippen LogP contribution in [0.3, 0.4) is 0 Å². The molecule has 0 bridgehead atoms. The van der Waals surface area contributed by atoms with Gasteiger partial charge >= 0.3 is 6.09 Å². The third-order valence-electron chi connectivity index (χ3n) is 4.53. The summed E-state index contributed by atoms with van der Waals surface area (Å²) in [5.41, 5.74) is 0.535. The molecule has 1 saturated heterocycles. The molecule has 0 spiro atoms. The SMILES string of the molecule is CC(C)(C)OC(=O)N1C[C@@H]2C(C(=O)NCc3ccc(Cl)cc3)[C@@H]2C1. The minimum Gasteiger partial charge on any atom is -0.444 e. The Morgan fingerprint density at radius 2 is 1.79 bits per heavy atom. The Labute approximate surface area is 147 Å². The van der Waals surface area contributed by atoms with Crippen LogP contribution >= 0.6 is 11.6 Å². The predicted molar refractivity (Wildman–Crippen MR) is 91.6 cm³/mol. The fourth-order valence-electron chi connectivity index (χ4n) is 3.30. The zero-order valence-corrected chi connectivity index (χ0v) is 15.0. The number of rotatable bonds is 3. The molecule has 0 aromatic heterocycles. The molecule has 1 aromatic rings. The van der Waals surface area contributed by atoms with Gasteiger partial charge in [0.05, 0.1) is 0 Å². The van der Waals surface area contributed by atoms with Gasteiger partial charge in [0.15, 0.2) is 0 Å². The molecular weight excluding hydrogens is 328 g/mol. The molecule has 1 saturated carbocycles. The Hall–Kier alpha value is -1.75. The Morgan fingerprint density at radius 1 is 1.21 bits per heavy atom. The van der Waals surface area contributed by atoms with Crippen LogP contribution in [-0.2, 0) is 16.1 Å². The highest BCUT2D eigenvalue weighted by Crippen LogP contribution is 2.52. The first-order valence-electron chi connectivity index (χ1n) is 8.25. The summed E-state index contributed by atoms with van der Waals surface area (Å²) in [6.45, 7) is 7.29. The maximum absolute atomic E-state index is 12.3. The van der Waals surface area contributed by atoms with E-state index < -0.39 is 5.60 Å². The van der Waals surface area contributed by atoms with Crippen LogP contribution in [0.4, 0.5) is 4.79 Å². The van der Waals surface area contributed by atoms with Crippen molar-refractivity contribution in [1.82, 2.24) is 10.2 Å². The van der Waals surface area contributed by atoms with Gasteiger partial charge in [-0.25, -0.2) is 4.79 Å². The van der Waals surface area contributed by atoms with Gasteiger partial charge in [-0.15, -0.1) is 0 Å². The van der Waals surface area contributed by atoms with Crippen LogP contribution in [0.15, 0.2) is 24.3 Å². The summed E-state index contributed by atoms with van der Waals surface area (Å²) >= 11 is 5.85. The lowest BCUT2D eigenvalue weighted by atomic mass is 10.2. The van der Waals surface area contributed by atoms with E-state index in [9.17, 15) is 9.59 Å². The highest BCUT2D eigenvalue weighted by atomic mass is 35.5. The van der Waals surface area contributed by atoms with Crippen molar-refractivity contribution in [2.45, 2.75) is 32.9 Å². The monoisotopic (exact) mass is 350 g/mol. The summed E-state index contributed by atoms with van der Waals surface area (Å²) in [6.07, 6.45) is -0.282. The van der Waals surface area contributed by atoms with E-state index in [1.54, 1.807) is 4.90 Å². The van der Waals surface area contributed by atoms with Crippen molar-refractivity contribution in [3.8, 4) is 0 Å². The largest absolute Gasteiger partial charge is 0.444 e. The molecule has 2 aliphatic rings. The molecule has 1 unspecified atom stereocenters. The van der Waals surface area contributed by atoms with E-state index in [1.165, 1.54) is 0 Å². The molecular formula is C18H23ClN2O3. The van der Waals surface area contributed by atoms with Gasteiger partial charge in [-0.2, -0.15) is 0 Å². The predicted octanol–water partition coefficient (Wildman–Crippen LogP) is 3.07. The number of hydrogen-bond donors (Lipinski definition) is 1. The quantitative estimate of drug-likeness (QED) is 0.911. The lowest BCUT2D eigenvalue weighted by molar-refractivity contribution is -0.123. The van der Waals surface area contributed by atoms with E-state index >= 15 is 0 Å². The van der Waals surface area contributed by atoms with Gasteiger partial charge < -0.3 is 15.0 Å². The van der Waals surface area contributed by atoms with Crippen LogP contribution in [-0.4, -0.2) is 35.6 Å². The summed E-state index contributed by atoms with van der Waals surface area (Å²) in [5.74, 6) is 0.630. The number of nitrogens with one attached hydrogen (secondary N) is 1. The molecule has 2 fully saturated rings. The molecule has 5 nitrogen and oxygen atoms in total. The second kappa shape index (κ2) is 6.28. The molecule has 1 aliphatic heterocycles. The number of fused-ring (bicyclic) bond motifs is 1. The summed E-state index contributed by atoms with van der Waals surface area (Å²) in [4.78, 5) is 26.0. The van der Waals surface area contributed by atoms with Crippen LogP contribution < -0.4 is 5.32 Å². The van der Waals surface area contributed by atoms with Crippen LogP contribution in [0.1, 0.15) is 26.3 Å². The van der Waals surface area contributed by atoms with E-state index in [1.807, 2.05) is 45.0 Å². The lowest BCUT2D eigenvalue weighted by Crippen LogP contribution is -2.38. The summed E-state index contributed by atoms with van der Waals surface area (Å²) in [6, 6.07) is 7.43. The number of halogens is 1. The van der Waals surface area contributed by atoms with Gasteiger partial charge in [0.25, 0.3) is 0 Å². The maximum atomic E-state index is 12.3. The Bertz CT molecular complexity index is 627. The topological polar surface area (TPSA) is 58.6 Å². The van der Waals surface area contributed by atoms with Crippen molar-refractivity contribution in [1.29, 1.82) is 0 Å². The van der Waals surface area contributed by atoms with Gasteiger partial charge in [0, 0.05) is 30.6 Å². The maximum Gasteiger partial charge on any atom is 0.410 e. The highest BCUT2D eigenvalue weighted by Gasteiger charge is 2.60. The van der Waals surface area contributed by atoms with Crippen molar-refractivity contribution in [2.75, 3.05) is 13.1 Å². The molecule has 2 amide bonds. The van der Waals surface area contributed by atoms with Crippen LogP contribution in [0, 0.1) is 17.8 Å². The number of likely N-dealkylation sites (tertiary alicyclic amines) is 1. The van der Waals surface area contributed by atoms with Crippen LogP contribution in [0.2, 0.25) is 5.02 Å². The van der Waals surface area contributed by atoms with Gasteiger partial charge in [-0.05, 0) is 50.3 Å². The van der Waals surface area contributed by atoms with Gasteiger partial charge in [0.1, 0.15) is 5.60 Å². The first-order valence-corrected chi connectivity index (χ1v) is 8.62. The highest BCUT2D eigenvalue weighted by molar-refractivity contribution is 6.30. The summed E-state index contributed by atoms with van der Waals surface area (Å²) < 4.78 is 5.38. The average molecular weight is 351 g/mol. The first kappa shape index (κ1) is 17.1. The molecule has 3 atom stereocenters. The summed E-state index contributed by atoms with van der Waals surface area (Å²) in [5, 5.41) is 3.66. The van der Waals surface area contributed by atoms with E-state index in [-0.39, 0.29) is 29.8 Å². The Balaban J connectivity index is 1.44. The second-order valence-corrected chi connectivity index (χ2v) is 8.02. The number of carbonyl (C=O) groups excluding carboxylic acids is 2. The second-order valence-electron chi connectivity index (χ2n) is 7.58. The average Bonchev–Trinajstić information content (AvgIpc) is 2.98.